The minimum absolute atomic E-state index is 0.0801. The van der Waals surface area contributed by atoms with Crippen LogP contribution in [0.1, 0.15) is 278 Å². The van der Waals surface area contributed by atoms with Crippen molar-refractivity contribution in [3.63, 3.8) is 0 Å². The van der Waals surface area contributed by atoms with Crippen LogP contribution in [0, 0.1) is 0 Å². The summed E-state index contributed by atoms with van der Waals surface area (Å²) in [6.45, 7) is 6.50. The van der Waals surface area contributed by atoms with E-state index < -0.39 is 6.10 Å². The van der Waals surface area contributed by atoms with Crippen molar-refractivity contribution < 1.29 is 28.6 Å². The molecule has 6 heteroatoms. The molecule has 0 aliphatic rings. The molecule has 0 N–H and O–H groups in total. The fourth-order valence-electron chi connectivity index (χ4n) is 7.84. The summed E-state index contributed by atoms with van der Waals surface area (Å²) in [5, 5.41) is 0. The first-order valence-electron chi connectivity index (χ1n) is 27.8. The average molecular weight is 909 g/mol. The molecule has 0 spiro atoms. The minimum Gasteiger partial charge on any atom is -0.462 e. The number of carbonyl (C=O) groups excluding carboxylic acids is 3. The van der Waals surface area contributed by atoms with E-state index in [1.807, 2.05) is 0 Å². The van der Waals surface area contributed by atoms with Gasteiger partial charge in [-0.2, -0.15) is 0 Å². The topological polar surface area (TPSA) is 78.9 Å². The van der Waals surface area contributed by atoms with Crippen LogP contribution >= 0.6 is 0 Å². The van der Waals surface area contributed by atoms with E-state index in [4.69, 9.17) is 14.2 Å². The van der Waals surface area contributed by atoms with E-state index in [9.17, 15) is 14.4 Å². The standard InChI is InChI=1S/C59H104O6/c1-4-7-10-13-16-19-21-23-25-26-27-28-29-30-31-32-34-35-37-40-43-46-49-52-58(61)64-55-56(54-63-57(60)51-48-45-42-39-18-15-12-9-6-3)65-59(62)53-50-47-44-41-38-36-33-24-22-20-17-14-11-8-5-2/h8,11,17,20-21,23-24,26-27,33,56H,4-7,9-10,12-16,18-19,22,25,28-32,34-55H2,1-3H3/b11-8-,20-17-,23-21-,27-26-,33-24-. The van der Waals surface area contributed by atoms with Gasteiger partial charge in [0.25, 0.3) is 0 Å². The first-order chi connectivity index (χ1) is 32.0. The van der Waals surface area contributed by atoms with Crippen LogP contribution in [-0.2, 0) is 28.6 Å². The Morgan fingerprint density at radius 1 is 0.323 bits per heavy atom. The van der Waals surface area contributed by atoms with Gasteiger partial charge < -0.3 is 14.2 Å². The van der Waals surface area contributed by atoms with E-state index >= 15 is 0 Å². The quantitative estimate of drug-likeness (QED) is 0.0262. The third kappa shape index (κ3) is 51.9. The van der Waals surface area contributed by atoms with Gasteiger partial charge in [-0.05, 0) is 83.5 Å². The Morgan fingerprint density at radius 2 is 0.600 bits per heavy atom. The Balaban J connectivity index is 4.25. The lowest BCUT2D eigenvalue weighted by Gasteiger charge is -2.18. The molecule has 376 valence electrons. The molecule has 0 aromatic carbocycles. The highest BCUT2D eigenvalue weighted by atomic mass is 16.6. The minimum atomic E-state index is -0.781. The molecule has 6 nitrogen and oxygen atoms in total. The maximum absolute atomic E-state index is 12.8. The Hall–Kier alpha value is -2.89. The zero-order valence-electron chi connectivity index (χ0n) is 43.0. The molecule has 65 heavy (non-hydrogen) atoms. The number of hydrogen-bond acceptors (Lipinski definition) is 6. The highest BCUT2D eigenvalue weighted by molar-refractivity contribution is 5.71. The summed E-state index contributed by atoms with van der Waals surface area (Å²) in [5.41, 5.74) is 0. The summed E-state index contributed by atoms with van der Waals surface area (Å²) >= 11 is 0. The molecule has 0 saturated heterocycles. The van der Waals surface area contributed by atoms with Crippen LogP contribution in [0.4, 0.5) is 0 Å². The molecule has 0 aliphatic carbocycles. The van der Waals surface area contributed by atoms with Gasteiger partial charge in [0, 0.05) is 19.3 Å². The molecular formula is C59H104O6. The summed E-state index contributed by atoms with van der Waals surface area (Å²) < 4.78 is 16.8. The Morgan fingerprint density at radius 3 is 0.938 bits per heavy atom. The van der Waals surface area contributed by atoms with E-state index in [1.54, 1.807) is 0 Å². The lowest BCUT2D eigenvalue weighted by molar-refractivity contribution is -0.167. The number of allylic oxidation sites excluding steroid dienone is 10. The fraction of sp³-hybridized carbons (Fsp3) is 0.780. The van der Waals surface area contributed by atoms with Crippen molar-refractivity contribution in [2.75, 3.05) is 13.2 Å². The van der Waals surface area contributed by atoms with Crippen LogP contribution in [0.15, 0.2) is 60.8 Å². The second-order valence-corrected chi connectivity index (χ2v) is 18.5. The zero-order valence-corrected chi connectivity index (χ0v) is 43.0. The second kappa shape index (κ2) is 53.7. The molecule has 0 amide bonds. The van der Waals surface area contributed by atoms with Crippen molar-refractivity contribution in [3.05, 3.63) is 60.8 Å². The second-order valence-electron chi connectivity index (χ2n) is 18.5. The Kier molecular flexibility index (Phi) is 51.3. The molecule has 0 rings (SSSR count). The number of unbranched alkanes of at least 4 members (excludes halogenated alkanes) is 29. The van der Waals surface area contributed by atoms with Gasteiger partial charge in [0.15, 0.2) is 6.10 Å². The van der Waals surface area contributed by atoms with E-state index in [1.165, 1.54) is 135 Å². The first kappa shape index (κ1) is 62.1. The van der Waals surface area contributed by atoms with Crippen LogP contribution in [0.5, 0.6) is 0 Å². The maximum Gasteiger partial charge on any atom is 0.306 e. The SMILES string of the molecule is CC/C=C\C/C=C\C/C=C\CCCCCCCC(=O)OC(COC(=O)CCCCCCCCCCC)COC(=O)CCCCCCCCCCCCC/C=C\C/C=C\CCCCCCC. The van der Waals surface area contributed by atoms with Crippen molar-refractivity contribution in [3.8, 4) is 0 Å². The van der Waals surface area contributed by atoms with Crippen molar-refractivity contribution in [1.29, 1.82) is 0 Å². The molecule has 0 fully saturated rings. The first-order valence-corrected chi connectivity index (χ1v) is 27.8. The van der Waals surface area contributed by atoms with Crippen LogP contribution in [0.25, 0.3) is 0 Å². The van der Waals surface area contributed by atoms with Gasteiger partial charge in [0.2, 0.25) is 0 Å². The van der Waals surface area contributed by atoms with Crippen molar-refractivity contribution in [2.24, 2.45) is 0 Å². The van der Waals surface area contributed by atoms with Gasteiger partial charge >= 0.3 is 17.9 Å². The van der Waals surface area contributed by atoms with Crippen LogP contribution in [-0.4, -0.2) is 37.2 Å². The summed E-state index contributed by atoms with van der Waals surface area (Å²) in [4.78, 5) is 38.0. The third-order valence-corrected chi connectivity index (χ3v) is 12.0. The van der Waals surface area contributed by atoms with E-state index in [0.29, 0.717) is 19.3 Å². The number of hydrogen-bond donors (Lipinski definition) is 0. The monoisotopic (exact) mass is 909 g/mol. The summed E-state index contributed by atoms with van der Waals surface area (Å²) in [5.74, 6) is -0.895. The molecule has 0 heterocycles. The van der Waals surface area contributed by atoms with E-state index in [2.05, 4.69) is 81.5 Å². The van der Waals surface area contributed by atoms with Gasteiger partial charge in [-0.3, -0.25) is 14.4 Å². The summed E-state index contributed by atoms with van der Waals surface area (Å²) in [6.07, 6.45) is 66.5. The van der Waals surface area contributed by atoms with Gasteiger partial charge in [0.1, 0.15) is 13.2 Å². The summed E-state index contributed by atoms with van der Waals surface area (Å²) in [6, 6.07) is 0. The van der Waals surface area contributed by atoms with Crippen molar-refractivity contribution >= 4 is 17.9 Å². The third-order valence-electron chi connectivity index (χ3n) is 12.0. The summed E-state index contributed by atoms with van der Waals surface area (Å²) in [7, 11) is 0. The van der Waals surface area contributed by atoms with Gasteiger partial charge in [0.05, 0.1) is 0 Å². The van der Waals surface area contributed by atoms with E-state index in [-0.39, 0.29) is 31.1 Å². The zero-order chi connectivity index (χ0) is 47.2. The molecule has 0 bridgehead atoms. The molecule has 1 atom stereocenters. The molecule has 0 radical (unpaired) electrons. The molecule has 0 aliphatic heterocycles. The smallest absolute Gasteiger partial charge is 0.306 e. The van der Waals surface area contributed by atoms with Gasteiger partial charge in [-0.1, -0.05) is 236 Å². The normalized spacial score (nSPS) is 12.5. The number of carbonyl (C=O) groups is 3. The largest absolute Gasteiger partial charge is 0.462 e. The van der Waals surface area contributed by atoms with Gasteiger partial charge in [-0.25, -0.2) is 0 Å². The van der Waals surface area contributed by atoms with Crippen molar-refractivity contribution in [2.45, 2.75) is 284 Å². The molecule has 0 saturated carbocycles. The maximum atomic E-state index is 12.8. The van der Waals surface area contributed by atoms with Crippen LogP contribution in [0.3, 0.4) is 0 Å². The predicted octanol–water partition coefficient (Wildman–Crippen LogP) is 18.4. The highest BCUT2D eigenvalue weighted by Crippen LogP contribution is 2.15. The van der Waals surface area contributed by atoms with Crippen LogP contribution in [0.2, 0.25) is 0 Å². The lowest BCUT2D eigenvalue weighted by atomic mass is 10.0. The van der Waals surface area contributed by atoms with Crippen molar-refractivity contribution in [1.82, 2.24) is 0 Å². The molecule has 0 aromatic rings. The average Bonchev–Trinajstić information content (AvgIpc) is 3.30. The number of esters is 3. The van der Waals surface area contributed by atoms with Crippen LogP contribution < -0.4 is 0 Å². The highest BCUT2D eigenvalue weighted by Gasteiger charge is 2.19. The molecule has 1 unspecified atom stereocenters. The molecule has 0 aromatic heterocycles. The lowest BCUT2D eigenvalue weighted by Crippen LogP contribution is -2.30. The number of rotatable bonds is 50. The predicted molar refractivity (Wildman–Crippen MR) is 279 cm³/mol. The number of ether oxygens (including phenoxy) is 3. The Labute approximate surface area is 402 Å². The van der Waals surface area contributed by atoms with E-state index in [0.717, 1.165) is 103 Å². The fourth-order valence-corrected chi connectivity index (χ4v) is 7.84. The molecular weight excluding hydrogens is 805 g/mol. The Bertz CT molecular complexity index is 1180. The van der Waals surface area contributed by atoms with Gasteiger partial charge in [-0.15, -0.1) is 0 Å².